The molecule has 2 N–H and O–H groups in total. The van der Waals surface area contributed by atoms with Gasteiger partial charge in [-0.3, -0.25) is 4.79 Å². The highest BCUT2D eigenvalue weighted by Gasteiger charge is 2.27. The number of aryl methyl sites for hydroxylation is 1. The second kappa shape index (κ2) is 5.66. The van der Waals surface area contributed by atoms with Crippen LogP contribution in [0.3, 0.4) is 0 Å². The van der Waals surface area contributed by atoms with Crippen molar-refractivity contribution >= 4 is 23.4 Å². The fourth-order valence-electron chi connectivity index (χ4n) is 2.45. The number of anilines is 1. The molecule has 1 aliphatic carbocycles. The van der Waals surface area contributed by atoms with Gasteiger partial charge in [0.2, 0.25) is 5.91 Å². The first kappa shape index (κ1) is 13.2. The Morgan fingerprint density at radius 3 is 3.10 bits per heavy atom. The summed E-state index contributed by atoms with van der Waals surface area (Å²) in [5.41, 5.74) is 2.78. The number of carbonyl (C=O) groups excluding carboxylic acids is 1. The number of aromatic nitrogens is 3. The lowest BCUT2D eigenvalue weighted by atomic mass is 9.89. The zero-order chi connectivity index (χ0) is 13.9. The minimum absolute atomic E-state index is 0.0227. The van der Waals surface area contributed by atoms with Crippen LogP contribution in [0, 0.1) is 5.92 Å². The highest BCUT2D eigenvalue weighted by Crippen LogP contribution is 2.24. The van der Waals surface area contributed by atoms with E-state index in [1.807, 2.05) is 30.5 Å². The van der Waals surface area contributed by atoms with E-state index >= 15 is 0 Å². The first-order valence-corrected chi connectivity index (χ1v) is 7.82. The molecule has 1 heterocycles. The molecular formula is C14H16N4OS. The molecule has 0 saturated carbocycles. The van der Waals surface area contributed by atoms with E-state index in [9.17, 15) is 4.79 Å². The molecule has 20 heavy (non-hydrogen) atoms. The molecule has 0 aliphatic heterocycles. The van der Waals surface area contributed by atoms with E-state index in [1.54, 1.807) is 11.8 Å². The van der Waals surface area contributed by atoms with Gasteiger partial charge in [-0.25, -0.2) is 0 Å². The van der Waals surface area contributed by atoms with Gasteiger partial charge >= 0.3 is 0 Å². The Kier molecular flexibility index (Phi) is 3.73. The van der Waals surface area contributed by atoms with Gasteiger partial charge in [0.25, 0.3) is 0 Å². The van der Waals surface area contributed by atoms with E-state index in [0.29, 0.717) is 6.42 Å². The van der Waals surface area contributed by atoms with Crippen LogP contribution < -0.4 is 5.32 Å². The molecule has 3 rings (SSSR count). The summed E-state index contributed by atoms with van der Waals surface area (Å²) in [6, 6.07) is 7.90. The number of carbonyl (C=O) groups is 1. The molecule has 0 bridgehead atoms. The zero-order valence-electron chi connectivity index (χ0n) is 11.2. The summed E-state index contributed by atoms with van der Waals surface area (Å²) in [6.45, 7) is 0. The monoisotopic (exact) mass is 288 g/mol. The smallest absolute Gasteiger partial charge is 0.227 e. The number of amides is 1. The third-order valence-electron chi connectivity index (χ3n) is 3.58. The van der Waals surface area contributed by atoms with E-state index in [1.165, 1.54) is 0 Å². The van der Waals surface area contributed by atoms with Crippen LogP contribution >= 0.6 is 11.8 Å². The number of rotatable bonds is 3. The Hall–Kier alpha value is -1.82. The van der Waals surface area contributed by atoms with Gasteiger partial charge < -0.3 is 5.32 Å². The molecule has 0 saturated heterocycles. The Bertz CT molecular complexity index is 625. The molecule has 0 radical (unpaired) electrons. The van der Waals surface area contributed by atoms with Crippen LogP contribution in [0.4, 0.5) is 5.69 Å². The number of hydrogen-bond acceptors (Lipinski definition) is 4. The molecule has 1 amide bonds. The predicted molar refractivity (Wildman–Crippen MR) is 78.8 cm³/mol. The average Bonchev–Trinajstić information content (AvgIpc) is 2.94. The van der Waals surface area contributed by atoms with Crippen LogP contribution in [0.15, 0.2) is 29.2 Å². The average molecular weight is 288 g/mol. The molecule has 1 aliphatic rings. The maximum Gasteiger partial charge on any atom is 0.227 e. The molecule has 0 spiro atoms. The minimum Gasteiger partial charge on any atom is -0.326 e. The number of H-pyrrole nitrogens is 1. The van der Waals surface area contributed by atoms with E-state index < -0.39 is 0 Å². The maximum atomic E-state index is 12.3. The van der Waals surface area contributed by atoms with Gasteiger partial charge in [0, 0.05) is 22.9 Å². The summed E-state index contributed by atoms with van der Waals surface area (Å²) < 4.78 is 0. The topological polar surface area (TPSA) is 70.7 Å². The minimum atomic E-state index is -0.0227. The van der Waals surface area contributed by atoms with Gasteiger partial charge in [0.05, 0.1) is 11.4 Å². The maximum absolute atomic E-state index is 12.3. The number of benzene rings is 1. The molecule has 1 aromatic heterocycles. The lowest BCUT2D eigenvalue weighted by Crippen LogP contribution is -2.28. The highest BCUT2D eigenvalue weighted by atomic mass is 32.2. The number of thioether (sulfide) groups is 1. The van der Waals surface area contributed by atoms with Crippen molar-refractivity contribution in [1.29, 1.82) is 0 Å². The van der Waals surface area contributed by atoms with Gasteiger partial charge in [-0.1, -0.05) is 6.07 Å². The first-order chi connectivity index (χ1) is 9.76. The summed E-state index contributed by atoms with van der Waals surface area (Å²) in [7, 11) is 0. The number of nitrogens with zero attached hydrogens (tertiary/aromatic N) is 2. The van der Waals surface area contributed by atoms with Gasteiger partial charge in [-0.2, -0.15) is 15.4 Å². The van der Waals surface area contributed by atoms with E-state index in [4.69, 9.17) is 0 Å². The molecule has 2 aromatic rings. The lowest BCUT2D eigenvalue weighted by molar-refractivity contribution is -0.120. The predicted octanol–water partition coefficient (Wildman–Crippen LogP) is 2.27. The molecular weight excluding hydrogens is 272 g/mol. The lowest BCUT2D eigenvalue weighted by Gasteiger charge is -2.19. The summed E-state index contributed by atoms with van der Waals surface area (Å²) in [5.74, 6) is 0.0439. The van der Waals surface area contributed by atoms with E-state index in [-0.39, 0.29) is 11.8 Å². The highest BCUT2D eigenvalue weighted by molar-refractivity contribution is 7.98. The molecule has 1 aromatic carbocycles. The summed E-state index contributed by atoms with van der Waals surface area (Å²) in [4.78, 5) is 13.5. The Morgan fingerprint density at radius 2 is 2.25 bits per heavy atom. The van der Waals surface area contributed by atoms with E-state index in [2.05, 4.69) is 20.7 Å². The summed E-state index contributed by atoms with van der Waals surface area (Å²) in [5, 5.41) is 13.8. The van der Waals surface area contributed by atoms with Crippen molar-refractivity contribution in [3.63, 3.8) is 0 Å². The first-order valence-electron chi connectivity index (χ1n) is 6.59. The molecule has 6 heteroatoms. The van der Waals surface area contributed by atoms with Crippen molar-refractivity contribution in [3.8, 4) is 0 Å². The number of fused-ring (bicyclic) bond motifs is 1. The van der Waals surface area contributed by atoms with Crippen molar-refractivity contribution in [1.82, 2.24) is 15.4 Å². The Labute approximate surface area is 121 Å². The molecule has 5 nitrogen and oxygen atoms in total. The van der Waals surface area contributed by atoms with Crippen molar-refractivity contribution in [3.05, 3.63) is 35.7 Å². The molecule has 104 valence electrons. The van der Waals surface area contributed by atoms with Crippen LogP contribution in [-0.2, 0) is 17.6 Å². The van der Waals surface area contributed by atoms with Crippen molar-refractivity contribution in [2.75, 3.05) is 11.6 Å². The third kappa shape index (κ3) is 2.70. The van der Waals surface area contributed by atoms with Gasteiger partial charge in [-0.05, 0) is 37.3 Å². The fraction of sp³-hybridized carbons (Fsp3) is 0.357. The van der Waals surface area contributed by atoms with Gasteiger partial charge in [-0.15, -0.1) is 11.8 Å². The standard InChI is InChI=1S/C14H16N4OS/c1-20-11-4-2-3-10(8-11)15-14(19)9-5-6-12-13(7-9)17-18-16-12/h2-4,8-9H,5-7H2,1H3,(H,15,19)(H,16,17,18). The Balaban J connectivity index is 1.68. The van der Waals surface area contributed by atoms with Gasteiger partial charge in [0.1, 0.15) is 0 Å². The van der Waals surface area contributed by atoms with Crippen LogP contribution in [-0.4, -0.2) is 27.6 Å². The third-order valence-corrected chi connectivity index (χ3v) is 4.31. The van der Waals surface area contributed by atoms with E-state index in [0.717, 1.165) is 34.8 Å². The molecule has 1 atom stereocenters. The largest absolute Gasteiger partial charge is 0.326 e. The number of nitrogens with one attached hydrogen (secondary N) is 2. The SMILES string of the molecule is CSc1cccc(NC(=O)C2CCc3n[nH]nc3C2)c1. The van der Waals surface area contributed by atoms with Crippen LogP contribution in [0.5, 0.6) is 0 Å². The normalized spacial score (nSPS) is 17.6. The second-order valence-electron chi connectivity index (χ2n) is 4.88. The van der Waals surface area contributed by atoms with Crippen LogP contribution in [0.1, 0.15) is 17.8 Å². The molecule has 0 fully saturated rings. The van der Waals surface area contributed by atoms with Crippen molar-refractivity contribution in [2.45, 2.75) is 24.2 Å². The molecule has 1 unspecified atom stereocenters. The van der Waals surface area contributed by atoms with Crippen molar-refractivity contribution < 1.29 is 4.79 Å². The fourth-order valence-corrected chi connectivity index (χ4v) is 2.91. The van der Waals surface area contributed by atoms with Crippen LogP contribution in [0.25, 0.3) is 0 Å². The van der Waals surface area contributed by atoms with Gasteiger partial charge in [0.15, 0.2) is 0 Å². The quantitative estimate of drug-likeness (QED) is 0.850. The number of hydrogen-bond donors (Lipinski definition) is 2. The Morgan fingerprint density at radius 1 is 1.40 bits per heavy atom. The van der Waals surface area contributed by atoms with Crippen molar-refractivity contribution in [2.24, 2.45) is 5.92 Å². The van der Waals surface area contributed by atoms with Crippen LogP contribution in [0.2, 0.25) is 0 Å². The summed E-state index contributed by atoms with van der Waals surface area (Å²) >= 11 is 1.66. The second-order valence-corrected chi connectivity index (χ2v) is 5.76. The number of aromatic amines is 1. The summed E-state index contributed by atoms with van der Waals surface area (Å²) in [6.07, 6.45) is 4.33. The zero-order valence-corrected chi connectivity index (χ0v) is 12.0.